The van der Waals surface area contributed by atoms with Gasteiger partial charge in [0.05, 0.1) is 10.7 Å². The van der Waals surface area contributed by atoms with Crippen LogP contribution in [0, 0.1) is 3.57 Å². The average Bonchev–Trinajstić information content (AvgIpc) is 2.44. The van der Waals surface area contributed by atoms with E-state index < -0.39 is 0 Å². The van der Waals surface area contributed by atoms with Crippen LogP contribution in [0.4, 0.5) is 5.82 Å². The summed E-state index contributed by atoms with van der Waals surface area (Å²) >= 11 is 2.24. The van der Waals surface area contributed by atoms with Gasteiger partial charge in [0.25, 0.3) is 0 Å². The maximum absolute atomic E-state index is 5.14. The summed E-state index contributed by atoms with van der Waals surface area (Å²) in [6.07, 6.45) is 2.57. The van der Waals surface area contributed by atoms with Gasteiger partial charge >= 0.3 is 0 Å². The Morgan fingerprint density at radius 3 is 2.63 bits per heavy atom. The summed E-state index contributed by atoms with van der Waals surface area (Å²) in [5, 5.41) is 3.24. The van der Waals surface area contributed by atoms with Gasteiger partial charge in [0.1, 0.15) is 17.4 Å². The van der Waals surface area contributed by atoms with E-state index in [1.807, 2.05) is 30.5 Å². The second-order valence-electron chi connectivity index (χ2n) is 4.04. The molecule has 2 rings (SSSR count). The van der Waals surface area contributed by atoms with E-state index in [9.17, 15) is 0 Å². The minimum Gasteiger partial charge on any atom is -0.497 e. The molecule has 0 atom stereocenters. The van der Waals surface area contributed by atoms with Gasteiger partial charge in [0.15, 0.2) is 0 Å². The molecule has 1 aromatic heterocycles. The standard InChI is InChI=1S/C14H16IN3O/c1-3-16-14-12(15)9-17-13(18-14)8-10-4-6-11(19-2)7-5-10/h4-7,9H,3,8H2,1-2H3,(H,16,17,18). The lowest BCUT2D eigenvalue weighted by Gasteiger charge is -2.07. The highest BCUT2D eigenvalue weighted by Crippen LogP contribution is 2.17. The molecule has 1 aromatic carbocycles. The molecule has 4 nitrogen and oxygen atoms in total. The van der Waals surface area contributed by atoms with Crippen molar-refractivity contribution in [2.45, 2.75) is 13.3 Å². The Hall–Kier alpha value is -1.37. The molecule has 0 radical (unpaired) electrons. The fourth-order valence-electron chi connectivity index (χ4n) is 1.71. The lowest BCUT2D eigenvalue weighted by molar-refractivity contribution is 0.414. The number of nitrogens with zero attached hydrogens (tertiary/aromatic N) is 2. The zero-order valence-corrected chi connectivity index (χ0v) is 13.1. The number of benzene rings is 1. The van der Waals surface area contributed by atoms with Crippen LogP contribution in [0.3, 0.4) is 0 Å². The van der Waals surface area contributed by atoms with Crippen LogP contribution >= 0.6 is 22.6 Å². The van der Waals surface area contributed by atoms with Crippen molar-refractivity contribution in [3.8, 4) is 5.75 Å². The van der Waals surface area contributed by atoms with Crippen molar-refractivity contribution in [1.29, 1.82) is 0 Å². The monoisotopic (exact) mass is 369 g/mol. The number of halogens is 1. The summed E-state index contributed by atoms with van der Waals surface area (Å²) in [5.74, 6) is 2.59. The zero-order chi connectivity index (χ0) is 13.7. The maximum atomic E-state index is 5.14. The summed E-state index contributed by atoms with van der Waals surface area (Å²) in [6.45, 7) is 2.91. The van der Waals surface area contributed by atoms with Crippen molar-refractivity contribution in [3.63, 3.8) is 0 Å². The molecule has 100 valence electrons. The number of hydrogen-bond acceptors (Lipinski definition) is 4. The molecule has 0 fully saturated rings. The van der Waals surface area contributed by atoms with Crippen molar-refractivity contribution < 1.29 is 4.74 Å². The Morgan fingerprint density at radius 1 is 1.26 bits per heavy atom. The molecule has 0 aliphatic rings. The van der Waals surface area contributed by atoms with E-state index in [2.05, 4.69) is 44.8 Å². The van der Waals surface area contributed by atoms with Crippen LogP contribution in [0.1, 0.15) is 18.3 Å². The Balaban J connectivity index is 2.15. The molecule has 19 heavy (non-hydrogen) atoms. The zero-order valence-electron chi connectivity index (χ0n) is 11.0. The minimum absolute atomic E-state index is 0.722. The highest BCUT2D eigenvalue weighted by atomic mass is 127. The largest absolute Gasteiger partial charge is 0.497 e. The second-order valence-corrected chi connectivity index (χ2v) is 5.20. The van der Waals surface area contributed by atoms with Crippen LogP contribution in [0.2, 0.25) is 0 Å². The molecule has 0 amide bonds. The first kappa shape index (κ1) is 14.0. The molecule has 0 aliphatic heterocycles. The first-order valence-corrected chi connectivity index (χ1v) is 7.19. The number of ether oxygens (including phenoxy) is 1. The topological polar surface area (TPSA) is 47.0 Å². The van der Waals surface area contributed by atoms with Gasteiger partial charge in [-0.3, -0.25) is 0 Å². The third-order valence-corrected chi connectivity index (χ3v) is 3.45. The maximum Gasteiger partial charge on any atom is 0.143 e. The van der Waals surface area contributed by atoms with Crippen LogP contribution in [0.15, 0.2) is 30.5 Å². The SMILES string of the molecule is CCNc1nc(Cc2ccc(OC)cc2)ncc1I. The van der Waals surface area contributed by atoms with Crippen molar-refractivity contribution >= 4 is 28.4 Å². The number of hydrogen-bond donors (Lipinski definition) is 1. The summed E-state index contributed by atoms with van der Waals surface area (Å²) in [5.41, 5.74) is 1.17. The van der Waals surface area contributed by atoms with Crippen LogP contribution in [0.5, 0.6) is 5.75 Å². The fraction of sp³-hybridized carbons (Fsp3) is 0.286. The van der Waals surface area contributed by atoms with Gasteiger partial charge in [-0.2, -0.15) is 0 Å². The number of nitrogens with one attached hydrogen (secondary N) is 1. The van der Waals surface area contributed by atoms with E-state index in [0.717, 1.165) is 33.9 Å². The lowest BCUT2D eigenvalue weighted by Crippen LogP contribution is -2.06. The molecule has 0 spiro atoms. The van der Waals surface area contributed by atoms with Crippen LogP contribution in [0.25, 0.3) is 0 Å². The molecule has 2 aromatic rings. The lowest BCUT2D eigenvalue weighted by atomic mass is 10.1. The van der Waals surface area contributed by atoms with E-state index in [0.29, 0.717) is 0 Å². The molecule has 5 heteroatoms. The minimum atomic E-state index is 0.722. The van der Waals surface area contributed by atoms with E-state index >= 15 is 0 Å². The molecule has 0 saturated carbocycles. The molecule has 0 aliphatic carbocycles. The van der Waals surface area contributed by atoms with Gasteiger partial charge in [-0.25, -0.2) is 9.97 Å². The summed E-state index contributed by atoms with van der Waals surface area (Å²) in [6, 6.07) is 7.97. The van der Waals surface area contributed by atoms with Crippen molar-refractivity contribution in [2.24, 2.45) is 0 Å². The van der Waals surface area contributed by atoms with Crippen LogP contribution in [-0.2, 0) is 6.42 Å². The number of rotatable bonds is 5. The molecular weight excluding hydrogens is 353 g/mol. The fourth-order valence-corrected chi connectivity index (χ4v) is 2.16. The van der Waals surface area contributed by atoms with Crippen molar-refractivity contribution in [3.05, 3.63) is 45.4 Å². The summed E-state index contributed by atoms with van der Waals surface area (Å²) in [4.78, 5) is 8.91. The first-order chi connectivity index (χ1) is 9.22. The highest BCUT2D eigenvalue weighted by molar-refractivity contribution is 14.1. The predicted molar refractivity (Wildman–Crippen MR) is 84.7 cm³/mol. The van der Waals surface area contributed by atoms with Gasteiger partial charge in [0, 0.05) is 19.2 Å². The van der Waals surface area contributed by atoms with Crippen molar-refractivity contribution in [2.75, 3.05) is 19.0 Å². The van der Waals surface area contributed by atoms with Gasteiger partial charge in [0.2, 0.25) is 0 Å². The Morgan fingerprint density at radius 2 is 2.00 bits per heavy atom. The predicted octanol–water partition coefficient (Wildman–Crippen LogP) is 3.11. The third-order valence-electron chi connectivity index (χ3n) is 2.66. The summed E-state index contributed by atoms with van der Waals surface area (Å²) < 4.78 is 6.18. The molecular formula is C14H16IN3O. The second kappa shape index (κ2) is 6.70. The quantitative estimate of drug-likeness (QED) is 0.823. The molecule has 0 bridgehead atoms. The normalized spacial score (nSPS) is 10.3. The smallest absolute Gasteiger partial charge is 0.143 e. The van der Waals surface area contributed by atoms with E-state index in [-0.39, 0.29) is 0 Å². The van der Waals surface area contributed by atoms with E-state index in [4.69, 9.17) is 4.74 Å². The average molecular weight is 369 g/mol. The van der Waals surface area contributed by atoms with Gasteiger partial charge < -0.3 is 10.1 Å². The van der Waals surface area contributed by atoms with Crippen molar-refractivity contribution in [1.82, 2.24) is 9.97 Å². The van der Waals surface area contributed by atoms with Gasteiger partial charge in [-0.1, -0.05) is 12.1 Å². The molecule has 0 saturated heterocycles. The molecule has 1 N–H and O–H groups in total. The van der Waals surface area contributed by atoms with Gasteiger partial charge in [-0.05, 0) is 47.2 Å². The van der Waals surface area contributed by atoms with Crippen LogP contribution in [-0.4, -0.2) is 23.6 Å². The number of aromatic nitrogens is 2. The van der Waals surface area contributed by atoms with Gasteiger partial charge in [-0.15, -0.1) is 0 Å². The number of methoxy groups -OCH3 is 1. The molecule has 1 heterocycles. The number of anilines is 1. The Bertz CT molecular complexity index is 543. The Labute approximate surface area is 126 Å². The summed E-state index contributed by atoms with van der Waals surface area (Å²) in [7, 11) is 1.67. The van der Waals surface area contributed by atoms with Crippen LogP contribution < -0.4 is 10.1 Å². The Kier molecular flexibility index (Phi) is 4.95. The molecule has 0 unspecified atom stereocenters. The van der Waals surface area contributed by atoms with E-state index in [1.165, 1.54) is 5.56 Å². The van der Waals surface area contributed by atoms with E-state index in [1.54, 1.807) is 7.11 Å². The first-order valence-electron chi connectivity index (χ1n) is 6.11. The third kappa shape index (κ3) is 3.79. The highest BCUT2D eigenvalue weighted by Gasteiger charge is 2.05.